The average molecular weight is 394 g/mol. The number of aryl methyl sites for hydroxylation is 4. The Morgan fingerprint density at radius 3 is 2.31 bits per heavy atom. The van der Waals surface area contributed by atoms with Gasteiger partial charge in [-0.1, -0.05) is 12.1 Å². The van der Waals surface area contributed by atoms with Crippen LogP contribution in [-0.4, -0.2) is 35.6 Å². The number of fused-ring (bicyclic) bond motifs is 1. The maximum absolute atomic E-state index is 13.2. The molecule has 0 fully saturated rings. The van der Waals surface area contributed by atoms with Gasteiger partial charge in [-0.2, -0.15) is 10.1 Å². The number of imidazole rings is 1. The summed E-state index contributed by atoms with van der Waals surface area (Å²) in [7, 11) is 4.96. The number of aromatic nitrogens is 6. The van der Waals surface area contributed by atoms with Crippen LogP contribution >= 0.6 is 0 Å². The molecule has 4 rings (SSSR count). The van der Waals surface area contributed by atoms with Gasteiger partial charge < -0.3 is 9.30 Å². The largest absolute Gasteiger partial charge is 0.497 e. The number of ether oxygens (including phenoxy) is 1. The van der Waals surface area contributed by atoms with Crippen LogP contribution in [0.25, 0.3) is 17.1 Å². The molecule has 0 aliphatic rings. The molecule has 0 atom stereocenters. The first-order chi connectivity index (χ1) is 13.8. The highest BCUT2D eigenvalue weighted by atomic mass is 16.5. The Morgan fingerprint density at radius 2 is 1.72 bits per heavy atom. The number of nitrogens with zero attached hydrogens (tertiary/aromatic N) is 6. The van der Waals surface area contributed by atoms with Gasteiger partial charge in [-0.05, 0) is 37.6 Å². The van der Waals surface area contributed by atoms with Crippen molar-refractivity contribution in [3.8, 4) is 11.7 Å². The summed E-state index contributed by atoms with van der Waals surface area (Å²) in [5.74, 6) is 1.20. The minimum absolute atomic E-state index is 0.159. The Morgan fingerprint density at radius 1 is 1.03 bits per heavy atom. The van der Waals surface area contributed by atoms with Crippen molar-refractivity contribution in [2.75, 3.05) is 7.11 Å². The molecular weight excluding hydrogens is 372 g/mol. The molecule has 29 heavy (non-hydrogen) atoms. The maximum Gasteiger partial charge on any atom is 0.332 e. The molecule has 0 unspecified atom stereocenters. The zero-order valence-corrected chi connectivity index (χ0v) is 17.0. The number of benzene rings is 1. The summed E-state index contributed by atoms with van der Waals surface area (Å²) in [4.78, 5) is 30.7. The summed E-state index contributed by atoms with van der Waals surface area (Å²) >= 11 is 0. The van der Waals surface area contributed by atoms with E-state index in [4.69, 9.17) is 4.74 Å². The van der Waals surface area contributed by atoms with E-state index in [0.717, 1.165) is 17.0 Å². The summed E-state index contributed by atoms with van der Waals surface area (Å²) in [5, 5.41) is 4.45. The molecule has 3 aromatic heterocycles. The minimum atomic E-state index is -0.420. The van der Waals surface area contributed by atoms with Crippen LogP contribution in [0, 0.1) is 13.8 Å². The number of hydrogen-bond donors (Lipinski definition) is 0. The summed E-state index contributed by atoms with van der Waals surface area (Å²) in [6.07, 6.45) is 0. The van der Waals surface area contributed by atoms with Crippen LogP contribution in [0.4, 0.5) is 0 Å². The summed E-state index contributed by atoms with van der Waals surface area (Å²) in [5.41, 5.74) is 2.44. The molecule has 0 amide bonds. The topological polar surface area (TPSA) is 88.9 Å². The molecule has 9 nitrogen and oxygen atoms in total. The zero-order chi connectivity index (χ0) is 20.9. The number of methoxy groups -OCH3 is 1. The smallest absolute Gasteiger partial charge is 0.332 e. The van der Waals surface area contributed by atoms with E-state index in [9.17, 15) is 9.59 Å². The highest BCUT2D eigenvalue weighted by molar-refractivity contribution is 5.72. The van der Waals surface area contributed by atoms with Crippen LogP contribution in [0.2, 0.25) is 0 Å². The van der Waals surface area contributed by atoms with Gasteiger partial charge in [0.25, 0.3) is 5.56 Å². The SMILES string of the molecule is COc1ccc(Cn2c(=O)c3c(nc(-n4nc(C)cc4C)n3C)n(C)c2=O)cc1. The van der Waals surface area contributed by atoms with Crippen molar-refractivity contribution in [2.45, 2.75) is 20.4 Å². The molecule has 150 valence electrons. The van der Waals surface area contributed by atoms with E-state index >= 15 is 0 Å². The minimum Gasteiger partial charge on any atom is -0.497 e. The van der Waals surface area contributed by atoms with Gasteiger partial charge in [0.2, 0.25) is 5.95 Å². The Bertz CT molecular complexity index is 1340. The quantitative estimate of drug-likeness (QED) is 0.520. The van der Waals surface area contributed by atoms with Crippen molar-refractivity contribution in [3.05, 3.63) is 68.1 Å². The predicted molar refractivity (Wildman–Crippen MR) is 109 cm³/mol. The third kappa shape index (κ3) is 2.95. The molecule has 0 aliphatic heterocycles. The number of rotatable bonds is 4. The molecule has 3 heterocycles. The summed E-state index contributed by atoms with van der Waals surface area (Å²) in [6.45, 7) is 3.97. The first-order valence-electron chi connectivity index (χ1n) is 9.14. The van der Waals surface area contributed by atoms with Crippen molar-refractivity contribution in [1.82, 2.24) is 28.5 Å². The second-order valence-corrected chi connectivity index (χ2v) is 7.06. The molecule has 4 aromatic rings. The van der Waals surface area contributed by atoms with Gasteiger partial charge in [0.1, 0.15) is 5.75 Å². The summed E-state index contributed by atoms with van der Waals surface area (Å²) in [6, 6.07) is 9.20. The van der Waals surface area contributed by atoms with Gasteiger partial charge in [0.05, 0.1) is 19.3 Å². The van der Waals surface area contributed by atoms with Gasteiger partial charge in [0.15, 0.2) is 11.2 Å². The van der Waals surface area contributed by atoms with Crippen molar-refractivity contribution in [2.24, 2.45) is 14.1 Å². The van der Waals surface area contributed by atoms with E-state index in [1.165, 1.54) is 9.13 Å². The lowest BCUT2D eigenvalue weighted by Gasteiger charge is -2.09. The fraction of sp³-hybridized carbons (Fsp3) is 0.300. The zero-order valence-electron chi connectivity index (χ0n) is 17.0. The van der Waals surface area contributed by atoms with Gasteiger partial charge in [-0.3, -0.25) is 13.9 Å². The van der Waals surface area contributed by atoms with Crippen molar-refractivity contribution >= 4 is 11.2 Å². The maximum atomic E-state index is 13.2. The molecule has 0 saturated carbocycles. The lowest BCUT2D eigenvalue weighted by molar-refractivity contribution is 0.414. The fourth-order valence-corrected chi connectivity index (χ4v) is 3.51. The van der Waals surface area contributed by atoms with E-state index in [-0.39, 0.29) is 12.1 Å². The lowest BCUT2D eigenvalue weighted by Crippen LogP contribution is -2.39. The van der Waals surface area contributed by atoms with Crippen LogP contribution in [-0.2, 0) is 20.6 Å². The Balaban J connectivity index is 1.91. The van der Waals surface area contributed by atoms with E-state index < -0.39 is 5.69 Å². The second kappa shape index (κ2) is 6.77. The molecule has 0 radical (unpaired) electrons. The third-order valence-electron chi connectivity index (χ3n) is 5.04. The van der Waals surface area contributed by atoms with Crippen LogP contribution in [0.1, 0.15) is 17.0 Å². The second-order valence-electron chi connectivity index (χ2n) is 7.06. The van der Waals surface area contributed by atoms with E-state index in [0.29, 0.717) is 22.9 Å². The van der Waals surface area contributed by atoms with E-state index in [2.05, 4.69) is 10.1 Å². The first-order valence-corrected chi connectivity index (χ1v) is 9.14. The van der Waals surface area contributed by atoms with Crippen molar-refractivity contribution in [1.29, 1.82) is 0 Å². The van der Waals surface area contributed by atoms with Gasteiger partial charge in [-0.15, -0.1) is 0 Å². The Hall–Kier alpha value is -3.62. The molecule has 9 heteroatoms. The van der Waals surface area contributed by atoms with Crippen LogP contribution < -0.4 is 16.0 Å². The fourth-order valence-electron chi connectivity index (χ4n) is 3.51. The normalized spacial score (nSPS) is 11.3. The van der Waals surface area contributed by atoms with Crippen molar-refractivity contribution in [3.63, 3.8) is 0 Å². The number of hydrogen-bond acceptors (Lipinski definition) is 5. The van der Waals surface area contributed by atoms with Crippen LogP contribution in [0.15, 0.2) is 39.9 Å². The lowest BCUT2D eigenvalue weighted by atomic mass is 10.2. The van der Waals surface area contributed by atoms with Crippen LogP contribution in [0.3, 0.4) is 0 Å². The first kappa shape index (κ1) is 18.7. The van der Waals surface area contributed by atoms with Gasteiger partial charge >= 0.3 is 5.69 Å². The van der Waals surface area contributed by atoms with Crippen molar-refractivity contribution < 1.29 is 4.74 Å². The standard InChI is InChI=1S/C20H22N6O3/c1-12-10-13(2)26(22-12)19-21-17-16(23(19)3)18(27)25(20(28)24(17)4)11-14-6-8-15(29-5)9-7-14/h6-10H,11H2,1-5H3. The monoisotopic (exact) mass is 394 g/mol. The highest BCUT2D eigenvalue weighted by Crippen LogP contribution is 2.16. The van der Waals surface area contributed by atoms with Gasteiger partial charge in [-0.25, -0.2) is 9.48 Å². The molecule has 0 bridgehead atoms. The highest BCUT2D eigenvalue weighted by Gasteiger charge is 2.20. The molecule has 1 aromatic carbocycles. The van der Waals surface area contributed by atoms with E-state index in [1.807, 2.05) is 32.0 Å². The summed E-state index contributed by atoms with van der Waals surface area (Å²) < 4.78 is 11.1. The predicted octanol–water partition coefficient (Wildman–Crippen LogP) is 1.29. The Kier molecular flexibility index (Phi) is 4.37. The molecule has 0 aliphatic carbocycles. The molecular formula is C20H22N6O3. The third-order valence-corrected chi connectivity index (χ3v) is 5.04. The average Bonchev–Trinajstić information content (AvgIpc) is 3.22. The molecule has 0 saturated heterocycles. The molecule has 0 spiro atoms. The molecule has 0 N–H and O–H groups in total. The van der Waals surface area contributed by atoms with Crippen LogP contribution in [0.5, 0.6) is 5.75 Å². The Labute approximate surface area is 166 Å². The van der Waals surface area contributed by atoms with Gasteiger partial charge in [0, 0.05) is 19.8 Å². The van der Waals surface area contributed by atoms with E-state index in [1.54, 1.807) is 42.6 Å².